The summed E-state index contributed by atoms with van der Waals surface area (Å²) in [6.07, 6.45) is 17.8. The van der Waals surface area contributed by atoms with Crippen LogP contribution in [0.15, 0.2) is 11.6 Å². The van der Waals surface area contributed by atoms with Crippen molar-refractivity contribution in [2.24, 2.45) is 40.4 Å². The summed E-state index contributed by atoms with van der Waals surface area (Å²) in [4.78, 5) is 0. The van der Waals surface area contributed by atoms with Crippen LogP contribution >= 0.6 is 0 Å². The van der Waals surface area contributed by atoms with E-state index in [2.05, 4.69) is 40.7 Å². The molecule has 0 saturated heterocycles. The van der Waals surface area contributed by atoms with Gasteiger partial charge in [0.05, 0.1) is 11.2 Å². The van der Waals surface area contributed by atoms with Crippen molar-refractivity contribution in [1.29, 1.82) is 0 Å². The Kier molecular flexibility index (Phi) is 6.74. The Balaban J connectivity index is 1.45. The van der Waals surface area contributed by atoms with Crippen LogP contribution < -0.4 is 0 Å². The molecule has 3 fully saturated rings. The topological polar surface area (TPSA) is 40.5 Å². The Morgan fingerprint density at radius 1 is 1.06 bits per heavy atom. The molecule has 0 spiro atoms. The number of hydrogen-bond donors (Lipinski definition) is 2. The van der Waals surface area contributed by atoms with E-state index in [-0.39, 0.29) is 0 Å². The van der Waals surface area contributed by atoms with Gasteiger partial charge in [0.2, 0.25) is 0 Å². The van der Waals surface area contributed by atoms with E-state index in [0.29, 0.717) is 16.7 Å². The molecule has 4 aliphatic carbocycles. The maximum absolute atomic E-state index is 10.8. The first-order valence-corrected chi connectivity index (χ1v) is 14.1. The maximum Gasteiger partial charge on any atom is 0.0657 e. The van der Waals surface area contributed by atoms with Crippen molar-refractivity contribution in [3.8, 4) is 0 Å². The summed E-state index contributed by atoms with van der Waals surface area (Å²) in [6, 6.07) is 0. The average molecular weight is 445 g/mol. The predicted molar refractivity (Wildman–Crippen MR) is 134 cm³/mol. The molecule has 4 rings (SSSR count). The predicted octanol–water partition coefficient (Wildman–Crippen LogP) is 7.67. The van der Waals surface area contributed by atoms with Gasteiger partial charge in [-0.25, -0.2) is 0 Å². The minimum atomic E-state index is -0.492. The van der Waals surface area contributed by atoms with Crippen molar-refractivity contribution >= 4 is 0 Å². The lowest BCUT2D eigenvalue weighted by atomic mass is 9.46. The molecule has 0 aliphatic heterocycles. The average Bonchev–Trinajstić information content (AvgIpc) is 3.08. The monoisotopic (exact) mass is 444 g/mol. The normalized spacial score (nSPS) is 46.4. The lowest BCUT2D eigenvalue weighted by Gasteiger charge is -2.59. The molecular weight excluding hydrogens is 392 g/mol. The Bertz CT molecular complexity index is 706. The second kappa shape index (κ2) is 8.71. The number of aliphatic hydroxyl groups is 2. The van der Waals surface area contributed by atoms with E-state index in [0.717, 1.165) is 55.8 Å². The second-order valence-corrected chi connectivity index (χ2v) is 13.8. The minimum absolute atomic E-state index is 0.328. The third-order valence-corrected chi connectivity index (χ3v) is 11.3. The molecule has 32 heavy (non-hydrogen) atoms. The largest absolute Gasteiger partial charge is 0.390 e. The summed E-state index contributed by atoms with van der Waals surface area (Å²) in [7, 11) is 0. The zero-order valence-corrected chi connectivity index (χ0v) is 22.1. The first-order chi connectivity index (χ1) is 14.9. The van der Waals surface area contributed by atoms with Gasteiger partial charge in [0.15, 0.2) is 0 Å². The van der Waals surface area contributed by atoms with Crippen molar-refractivity contribution in [1.82, 2.24) is 0 Å². The number of unbranched alkanes of at least 4 members (excludes halogenated alkanes) is 1. The molecule has 4 aliphatic rings. The minimum Gasteiger partial charge on any atom is -0.390 e. The molecule has 2 N–H and O–H groups in total. The smallest absolute Gasteiger partial charge is 0.0657 e. The highest BCUT2D eigenvalue weighted by molar-refractivity contribution is 5.26. The van der Waals surface area contributed by atoms with Crippen molar-refractivity contribution < 1.29 is 10.2 Å². The molecule has 184 valence electrons. The first kappa shape index (κ1) is 24.8. The molecule has 9 atom stereocenters. The zero-order chi connectivity index (χ0) is 23.4. The fraction of sp³-hybridized carbons (Fsp3) is 0.933. The summed E-state index contributed by atoms with van der Waals surface area (Å²) >= 11 is 0. The molecule has 0 radical (unpaired) electrons. The number of fused-ring (bicyclic) bond motifs is 5. The van der Waals surface area contributed by atoms with E-state index in [4.69, 9.17) is 0 Å². The van der Waals surface area contributed by atoms with Crippen molar-refractivity contribution in [3.63, 3.8) is 0 Å². The van der Waals surface area contributed by atoms with Crippen LogP contribution in [0.4, 0.5) is 0 Å². The van der Waals surface area contributed by atoms with Gasteiger partial charge in [-0.15, -0.1) is 0 Å². The molecule has 0 heterocycles. The standard InChI is InChI=1S/C30H52O2/c1-7-8-15-27(3,31)16-13-21(2)24-11-12-25-23-10-9-22-20-28(4,32)18-19-29(22,5)26(23)14-17-30(24,25)6/h9,21,23-26,31-32H,7-8,10-20H2,1-6H3/t21-,23+,24?,25+,26+,27?,28+,29+,30-/m1/s1. The molecule has 0 aromatic rings. The summed E-state index contributed by atoms with van der Waals surface area (Å²) in [5.74, 6) is 4.06. The number of hydrogen-bond acceptors (Lipinski definition) is 2. The van der Waals surface area contributed by atoms with Crippen LogP contribution in [0.1, 0.15) is 125 Å². The first-order valence-electron chi connectivity index (χ1n) is 14.1. The third kappa shape index (κ3) is 4.37. The van der Waals surface area contributed by atoms with Gasteiger partial charge in [0.25, 0.3) is 0 Å². The van der Waals surface area contributed by atoms with E-state index in [9.17, 15) is 10.2 Å². The van der Waals surface area contributed by atoms with Crippen LogP contribution in [0.3, 0.4) is 0 Å². The van der Waals surface area contributed by atoms with E-state index in [1.807, 2.05) is 6.92 Å². The maximum atomic E-state index is 10.8. The SMILES string of the molecule is CCCCC(C)(O)CC[C@@H](C)C1CC[C@H]2[C@@H]3CC=C4C[C@@](C)(O)CC[C@]4(C)[C@H]3CC[C@]12C. The van der Waals surface area contributed by atoms with Gasteiger partial charge in [-0.2, -0.15) is 0 Å². The molecule has 0 aromatic heterocycles. The third-order valence-electron chi connectivity index (χ3n) is 11.3. The Labute approximate surface area is 198 Å². The van der Waals surface area contributed by atoms with Crippen LogP contribution in [-0.4, -0.2) is 21.4 Å². The Morgan fingerprint density at radius 2 is 1.81 bits per heavy atom. The van der Waals surface area contributed by atoms with Gasteiger partial charge in [-0.1, -0.05) is 52.2 Å². The summed E-state index contributed by atoms with van der Waals surface area (Å²) in [5.41, 5.74) is 1.41. The highest BCUT2D eigenvalue weighted by Gasteiger charge is 2.59. The van der Waals surface area contributed by atoms with E-state index < -0.39 is 11.2 Å². The Morgan fingerprint density at radius 3 is 2.53 bits per heavy atom. The lowest BCUT2D eigenvalue weighted by molar-refractivity contribution is -0.0715. The Hall–Kier alpha value is -0.340. The van der Waals surface area contributed by atoms with Gasteiger partial charge in [0, 0.05) is 0 Å². The van der Waals surface area contributed by atoms with Gasteiger partial charge in [-0.3, -0.25) is 0 Å². The summed E-state index contributed by atoms with van der Waals surface area (Å²) in [6.45, 7) is 14.0. The van der Waals surface area contributed by atoms with Gasteiger partial charge in [-0.05, 0) is 125 Å². The van der Waals surface area contributed by atoms with Crippen LogP contribution in [0.5, 0.6) is 0 Å². The second-order valence-electron chi connectivity index (χ2n) is 13.8. The number of rotatable bonds is 7. The van der Waals surface area contributed by atoms with Gasteiger partial charge >= 0.3 is 0 Å². The van der Waals surface area contributed by atoms with Crippen molar-refractivity contribution in [2.45, 2.75) is 136 Å². The number of allylic oxidation sites excluding steroid dienone is 1. The van der Waals surface area contributed by atoms with Crippen molar-refractivity contribution in [2.75, 3.05) is 0 Å². The molecule has 3 saturated carbocycles. The molecular formula is C30H52O2. The molecule has 0 aromatic carbocycles. The van der Waals surface area contributed by atoms with Crippen molar-refractivity contribution in [3.05, 3.63) is 11.6 Å². The zero-order valence-electron chi connectivity index (χ0n) is 22.1. The quantitative estimate of drug-likeness (QED) is 0.395. The molecule has 2 nitrogen and oxygen atoms in total. The molecule has 0 amide bonds. The highest BCUT2D eigenvalue weighted by atomic mass is 16.3. The van der Waals surface area contributed by atoms with Gasteiger partial charge < -0.3 is 10.2 Å². The van der Waals surface area contributed by atoms with Crippen LogP contribution in [0, 0.1) is 40.4 Å². The lowest BCUT2D eigenvalue weighted by Crippen LogP contribution is -2.52. The van der Waals surface area contributed by atoms with Gasteiger partial charge in [0.1, 0.15) is 0 Å². The van der Waals surface area contributed by atoms with E-state index in [1.165, 1.54) is 51.4 Å². The molecule has 2 heteroatoms. The van der Waals surface area contributed by atoms with E-state index >= 15 is 0 Å². The summed E-state index contributed by atoms with van der Waals surface area (Å²) in [5, 5.41) is 21.5. The van der Waals surface area contributed by atoms with Crippen LogP contribution in [-0.2, 0) is 0 Å². The van der Waals surface area contributed by atoms with Crippen LogP contribution in [0.25, 0.3) is 0 Å². The van der Waals surface area contributed by atoms with E-state index in [1.54, 1.807) is 5.57 Å². The van der Waals surface area contributed by atoms with Crippen LogP contribution in [0.2, 0.25) is 0 Å². The summed E-state index contributed by atoms with van der Waals surface area (Å²) < 4.78 is 0. The molecule has 2 unspecified atom stereocenters. The fourth-order valence-corrected chi connectivity index (χ4v) is 9.20. The fourth-order valence-electron chi connectivity index (χ4n) is 9.20. The molecule has 0 bridgehead atoms. The highest BCUT2D eigenvalue weighted by Crippen LogP contribution is 2.67.